The molecule has 3 N–H and O–H groups in total. The van der Waals surface area contributed by atoms with Gasteiger partial charge < -0.3 is 43.7 Å². The van der Waals surface area contributed by atoms with E-state index in [-0.39, 0.29) is 17.2 Å². The Morgan fingerprint density at radius 3 is 0.622 bits per heavy atom. The van der Waals surface area contributed by atoms with Gasteiger partial charge in [0.2, 0.25) is 17.2 Å². The average Bonchev–Trinajstić information content (AvgIpc) is 3.06. The first-order valence-corrected chi connectivity index (χ1v) is 13.8. The first-order valence-electron chi connectivity index (χ1n) is 13.8. The molecular weight excluding hydrogens is 576 g/mol. The molecule has 0 aliphatic rings. The van der Waals surface area contributed by atoms with Gasteiger partial charge in [-0.25, -0.2) is 0 Å². The van der Waals surface area contributed by atoms with E-state index in [1.807, 2.05) is 54.7 Å². The van der Waals surface area contributed by atoms with Crippen molar-refractivity contribution >= 4 is 36.5 Å². The third kappa shape index (κ3) is 7.64. The Morgan fingerprint density at radius 1 is 0.311 bits per heavy atom. The number of aromatic hydroxyl groups is 3. The summed E-state index contributed by atoms with van der Waals surface area (Å²) in [5, 5.41) is 30.9. The number of methoxy groups -OCH3 is 6. The highest BCUT2D eigenvalue weighted by atomic mass is 16.5. The topological polar surface area (TPSA) is 116 Å². The quantitative estimate of drug-likeness (QED) is 0.141. The van der Waals surface area contributed by atoms with Gasteiger partial charge in [0, 0.05) is 0 Å². The van der Waals surface area contributed by atoms with Gasteiger partial charge in [0.1, 0.15) is 0 Å². The minimum atomic E-state index is -0.0679. The summed E-state index contributed by atoms with van der Waals surface area (Å²) in [5.74, 6) is 1.60. The minimum absolute atomic E-state index is 0.0679. The molecule has 234 valence electrons. The van der Waals surface area contributed by atoms with E-state index in [1.165, 1.54) is 42.7 Å². The minimum Gasteiger partial charge on any atom is -0.502 e. The molecule has 4 rings (SSSR count). The number of hydrogen-bond donors (Lipinski definition) is 3. The standard InChI is InChI=1S/C36H36O9/c1-40-28-16-25(17-29(41-2)34(28)37)10-7-22-13-23(8-11-26-18-30(42-3)35(38)31(19-26)43-4)15-24(14-22)9-12-27-20-32(44-5)36(39)33(21-27)45-6/h7-21,37-39H,1-6H3/b10-7+,11-8+,12-9+. The number of phenols is 3. The summed E-state index contributed by atoms with van der Waals surface area (Å²) >= 11 is 0. The number of ether oxygens (including phenoxy) is 6. The summed E-state index contributed by atoms with van der Waals surface area (Å²) in [5.41, 5.74) is 4.99. The first-order chi connectivity index (χ1) is 21.7. The van der Waals surface area contributed by atoms with Crippen LogP contribution in [0, 0.1) is 0 Å². The number of phenolic OH excluding ortho intramolecular Hbond substituents is 3. The van der Waals surface area contributed by atoms with Gasteiger partial charge in [0.05, 0.1) is 42.7 Å². The summed E-state index contributed by atoms with van der Waals surface area (Å²) in [6.45, 7) is 0. The van der Waals surface area contributed by atoms with Crippen LogP contribution in [0.4, 0.5) is 0 Å². The van der Waals surface area contributed by atoms with Gasteiger partial charge in [-0.2, -0.15) is 0 Å². The van der Waals surface area contributed by atoms with Crippen molar-refractivity contribution in [2.24, 2.45) is 0 Å². The van der Waals surface area contributed by atoms with Crippen molar-refractivity contribution in [3.63, 3.8) is 0 Å². The largest absolute Gasteiger partial charge is 0.502 e. The molecule has 0 saturated carbocycles. The van der Waals surface area contributed by atoms with E-state index in [9.17, 15) is 15.3 Å². The fourth-order valence-corrected chi connectivity index (χ4v) is 4.60. The van der Waals surface area contributed by atoms with Crippen LogP contribution in [0.1, 0.15) is 33.4 Å². The van der Waals surface area contributed by atoms with Crippen molar-refractivity contribution in [3.8, 4) is 51.7 Å². The maximum atomic E-state index is 10.3. The van der Waals surface area contributed by atoms with Gasteiger partial charge in [-0.3, -0.25) is 0 Å². The number of hydrogen-bond acceptors (Lipinski definition) is 9. The lowest BCUT2D eigenvalue weighted by Gasteiger charge is -2.10. The van der Waals surface area contributed by atoms with Crippen LogP contribution >= 0.6 is 0 Å². The fourth-order valence-electron chi connectivity index (χ4n) is 4.60. The third-order valence-corrected chi connectivity index (χ3v) is 6.91. The molecule has 0 aliphatic carbocycles. The lowest BCUT2D eigenvalue weighted by molar-refractivity contribution is 0.340. The van der Waals surface area contributed by atoms with Crippen molar-refractivity contribution in [1.82, 2.24) is 0 Å². The zero-order chi connectivity index (χ0) is 32.5. The Balaban J connectivity index is 1.77. The molecule has 0 amide bonds. The fraction of sp³-hybridized carbons (Fsp3) is 0.167. The lowest BCUT2D eigenvalue weighted by atomic mass is 10.0. The second kappa shape index (κ2) is 14.7. The first kappa shape index (κ1) is 32.2. The van der Waals surface area contributed by atoms with Gasteiger partial charge in [-0.1, -0.05) is 36.5 Å². The van der Waals surface area contributed by atoms with Gasteiger partial charge in [-0.15, -0.1) is 0 Å². The predicted molar refractivity (Wildman–Crippen MR) is 177 cm³/mol. The molecule has 0 spiro atoms. The van der Waals surface area contributed by atoms with Crippen molar-refractivity contribution < 1.29 is 43.7 Å². The van der Waals surface area contributed by atoms with Crippen molar-refractivity contribution in [3.05, 3.63) is 88.0 Å². The molecular formula is C36H36O9. The summed E-state index contributed by atoms with van der Waals surface area (Å²) in [6, 6.07) is 16.4. The van der Waals surface area contributed by atoms with Crippen LogP contribution in [0.5, 0.6) is 51.7 Å². The molecule has 9 nitrogen and oxygen atoms in total. The normalized spacial score (nSPS) is 11.3. The molecule has 0 fully saturated rings. The van der Waals surface area contributed by atoms with Crippen LogP contribution in [-0.4, -0.2) is 58.0 Å². The zero-order valence-electron chi connectivity index (χ0n) is 26.0. The molecule has 45 heavy (non-hydrogen) atoms. The van der Waals surface area contributed by atoms with Crippen LogP contribution in [0.15, 0.2) is 54.6 Å². The van der Waals surface area contributed by atoms with Crippen molar-refractivity contribution in [2.75, 3.05) is 42.7 Å². The second-order valence-electron chi connectivity index (χ2n) is 9.76. The SMILES string of the molecule is COc1cc(/C=C/c2cc(/C=C/c3cc(OC)c(O)c(OC)c3)cc(/C=C/c3cc(OC)c(O)c(OC)c3)c2)cc(OC)c1O. The summed E-state index contributed by atoms with van der Waals surface area (Å²) in [6.07, 6.45) is 11.5. The molecule has 0 atom stereocenters. The Kier molecular flexibility index (Phi) is 10.5. The van der Waals surface area contributed by atoms with Crippen LogP contribution in [0.25, 0.3) is 36.5 Å². The smallest absolute Gasteiger partial charge is 0.200 e. The Morgan fingerprint density at radius 2 is 0.467 bits per heavy atom. The van der Waals surface area contributed by atoms with Gasteiger partial charge in [-0.05, 0) is 88.0 Å². The molecule has 9 heteroatoms. The molecule has 4 aromatic rings. The highest BCUT2D eigenvalue weighted by Gasteiger charge is 2.12. The lowest BCUT2D eigenvalue weighted by Crippen LogP contribution is -1.90. The van der Waals surface area contributed by atoms with Gasteiger partial charge in [0.15, 0.2) is 34.5 Å². The van der Waals surface area contributed by atoms with Crippen LogP contribution < -0.4 is 28.4 Å². The van der Waals surface area contributed by atoms with Gasteiger partial charge in [0.25, 0.3) is 0 Å². The highest BCUT2D eigenvalue weighted by molar-refractivity contribution is 5.80. The van der Waals surface area contributed by atoms with E-state index in [4.69, 9.17) is 28.4 Å². The predicted octanol–water partition coefficient (Wildman–Crippen LogP) is 7.37. The number of benzene rings is 4. The second-order valence-corrected chi connectivity index (χ2v) is 9.76. The summed E-state index contributed by atoms with van der Waals surface area (Å²) in [7, 11) is 8.89. The van der Waals surface area contributed by atoms with E-state index in [0.29, 0.717) is 34.5 Å². The Bertz CT molecular complexity index is 1460. The molecule has 0 heterocycles. The molecule has 0 unspecified atom stereocenters. The van der Waals surface area contributed by atoms with Crippen molar-refractivity contribution in [1.29, 1.82) is 0 Å². The van der Waals surface area contributed by atoms with E-state index in [0.717, 1.165) is 33.4 Å². The van der Waals surface area contributed by atoms with Gasteiger partial charge >= 0.3 is 0 Å². The molecule has 0 aliphatic heterocycles. The van der Waals surface area contributed by atoms with E-state index >= 15 is 0 Å². The summed E-state index contributed by atoms with van der Waals surface area (Å²) < 4.78 is 31.8. The average molecular weight is 613 g/mol. The van der Waals surface area contributed by atoms with Crippen LogP contribution in [0.2, 0.25) is 0 Å². The third-order valence-electron chi connectivity index (χ3n) is 6.91. The Hall–Kier alpha value is -5.70. The monoisotopic (exact) mass is 612 g/mol. The molecule has 0 radical (unpaired) electrons. The van der Waals surface area contributed by atoms with Crippen LogP contribution in [0.3, 0.4) is 0 Å². The number of rotatable bonds is 12. The van der Waals surface area contributed by atoms with E-state index in [1.54, 1.807) is 36.4 Å². The molecule has 0 bridgehead atoms. The molecule has 0 saturated heterocycles. The maximum Gasteiger partial charge on any atom is 0.200 e. The van der Waals surface area contributed by atoms with Crippen LogP contribution in [-0.2, 0) is 0 Å². The summed E-state index contributed by atoms with van der Waals surface area (Å²) in [4.78, 5) is 0. The maximum absolute atomic E-state index is 10.3. The van der Waals surface area contributed by atoms with Crippen molar-refractivity contribution in [2.45, 2.75) is 0 Å². The van der Waals surface area contributed by atoms with E-state index < -0.39 is 0 Å². The Labute approximate surface area is 262 Å². The molecule has 0 aromatic heterocycles. The molecule has 4 aromatic carbocycles. The highest BCUT2D eigenvalue weighted by Crippen LogP contribution is 2.39. The van der Waals surface area contributed by atoms with E-state index in [2.05, 4.69) is 0 Å². The zero-order valence-corrected chi connectivity index (χ0v) is 26.0.